The molecular formula is C22H43IN8O. The largest absolute Gasteiger partial charge is 0.379 e. The van der Waals surface area contributed by atoms with Crippen LogP contribution in [0.1, 0.15) is 50.7 Å². The first-order valence-corrected chi connectivity index (χ1v) is 12.0. The number of morpholine rings is 1. The lowest BCUT2D eigenvalue weighted by Gasteiger charge is -2.33. The Morgan fingerprint density at radius 2 is 1.78 bits per heavy atom. The average molecular weight is 563 g/mol. The van der Waals surface area contributed by atoms with Gasteiger partial charge in [0.1, 0.15) is 12.4 Å². The predicted octanol–water partition coefficient (Wildman–Crippen LogP) is 1.76. The Kier molecular flexibility index (Phi) is 12.8. The van der Waals surface area contributed by atoms with E-state index >= 15 is 0 Å². The number of aryl methyl sites for hydroxylation is 1. The minimum Gasteiger partial charge on any atom is -0.379 e. The van der Waals surface area contributed by atoms with Gasteiger partial charge in [0.15, 0.2) is 11.8 Å². The molecule has 2 aliphatic heterocycles. The highest BCUT2D eigenvalue weighted by molar-refractivity contribution is 14.0. The summed E-state index contributed by atoms with van der Waals surface area (Å²) in [6.45, 7) is 14.0. The Morgan fingerprint density at radius 1 is 1.06 bits per heavy atom. The maximum atomic E-state index is 5.43. The molecule has 2 aliphatic rings. The average Bonchev–Trinajstić information content (AvgIpc) is 3.11. The first-order valence-electron chi connectivity index (χ1n) is 12.0. The number of likely N-dealkylation sites (tertiary alicyclic amines) is 1. The summed E-state index contributed by atoms with van der Waals surface area (Å²) < 4.78 is 7.43. The topological polar surface area (TPSA) is 82.8 Å². The molecule has 1 aromatic rings. The van der Waals surface area contributed by atoms with Gasteiger partial charge in [-0.15, -0.1) is 34.2 Å². The Balaban J connectivity index is 0.00000363. The minimum atomic E-state index is 0. The van der Waals surface area contributed by atoms with Gasteiger partial charge in [-0.25, -0.2) is 4.99 Å². The number of hydrogen-bond donors (Lipinski definition) is 2. The SMILES string of the molecule is Cc1nnc(CN=C(NCCCN2CCOCC2)NCCCN2CCCCC2C)n1C.I. The maximum absolute atomic E-state index is 5.43. The quantitative estimate of drug-likeness (QED) is 0.195. The summed E-state index contributed by atoms with van der Waals surface area (Å²) in [6, 6.07) is 0.722. The number of halogens is 1. The molecule has 32 heavy (non-hydrogen) atoms. The van der Waals surface area contributed by atoms with Crippen molar-refractivity contribution in [1.82, 2.24) is 35.2 Å². The van der Waals surface area contributed by atoms with Crippen LogP contribution in [0, 0.1) is 6.92 Å². The van der Waals surface area contributed by atoms with Crippen LogP contribution in [-0.2, 0) is 18.3 Å². The van der Waals surface area contributed by atoms with Crippen molar-refractivity contribution in [3.63, 3.8) is 0 Å². The zero-order valence-electron chi connectivity index (χ0n) is 20.2. The van der Waals surface area contributed by atoms with Crippen molar-refractivity contribution in [3.8, 4) is 0 Å². The number of rotatable bonds is 10. The summed E-state index contributed by atoms with van der Waals surface area (Å²) in [7, 11) is 1.99. The van der Waals surface area contributed by atoms with Gasteiger partial charge >= 0.3 is 0 Å². The number of nitrogens with zero attached hydrogens (tertiary/aromatic N) is 6. The van der Waals surface area contributed by atoms with E-state index in [1.807, 2.05) is 18.5 Å². The van der Waals surface area contributed by atoms with Gasteiger partial charge in [-0.05, 0) is 52.6 Å². The van der Waals surface area contributed by atoms with E-state index < -0.39 is 0 Å². The zero-order valence-corrected chi connectivity index (χ0v) is 22.5. The third-order valence-corrected chi connectivity index (χ3v) is 6.46. The third kappa shape index (κ3) is 9.11. The van der Waals surface area contributed by atoms with E-state index in [9.17, 15) is 0 Å². The molecule has 0 bridgehead atoms. The molecule has 3 heterocycles. The second-order valence-corrected chi connectivity index (χ2v) is 8.78. The standard InChI is InChI=1S/C22H42N8O.HI/c1-19-8-4-5-12-30(19)13-7-10-24-22(25-18-21-27-26-20(2)28(21)3)23-9-6-11-29-14-16-31-17-15-29;/h19H,4-18H2,1-3H3,(H2,23,24,25);1H. The third-order valence-electron chi connectivity index (χ3n) is 6.46. The summed E-state index contributed by atoms with van der Waals surface area (Å²) in [5.41, 5.74) is 0. The van der Waals surface area contributed by atoms with Crippen LogP contribution in [0.4, 0.5) is 0 Å². The fraction of sp³-hybridized carbons (Fsp3) is 0.864. The number of aliphatic imine (C=N–C) groups is 1. The molecule has 1 atom stereocenters. The first kappa shape index (κ1) is 27.3. The molecule has 0 amide bonds. The highest BCUT2D eigenvalue weighted by atomic mass is 127. The molecule has 0 radical (unpaired) electrons. The normalized spacial score (nSPS) is 20.7. The number of hydrogen-bond acceptors (Lipinski definition) is 6. The van der Waals surface area contributed by atoms with Crippen LogP contribution in [0.25, 0.3) is 0 Å². The minimum absolute atomic E-state index is 0. The lowest BCUT2D eigenvalue weighted by atomic mass is 10.0. The fourth-order valence-corrected chi connectivity index (χ4v) is 4.23. The highest BCUT2D eigenvalue weighted by Gasteiger charge is 2.17. The second kappa shape index (κ2) is 15.0. The van der Waals surface area contributed by atoms with E-state index in [1.54, 1.807) is 0 Å². The van der Waals surface area contributed by atoms with E-state index in [0.29, 0.717) is 6.54 Å². The molecule has 2 saturated heterocycles. The number of guanidine groups is 1. The van der Waals surface area contributed by atoms with Crippen molar-refractivity contribution in [2.75, 3.05) is 59.0 Å². The van der Waals surface area contributed by atoms with Gasteiger partial charge in [0.05, 0.1) is 13.2 Å². The summed E-state index contributed by atoms with van der Waals surface area (Å²) in [5.74, 6) is 2.66. The fourth-order valence-electron chi connectivity index (χ4n) is 4.23. The Bertz CT molecular complexity index is 677. The van der Waals surface area contributed by atoms with Crippen LogP contribution >= 0.6 is 24.0 Å². The summed E-state index contributed by atoms with van der Waals surface area (Å²) in [4.78, 5) is 9.87. The van der Waals surface area contributed by atoms with E-state index in [0.717, 1.165) is 89.0 Å². The van der Waals surface area contributed by atoms with Gasteiger partial charge in [0.2, 0.25) is 0 Å². The molecule has 9 nitrogen and oxygen atoms in total. The van der Waals surface area contributed by atoms with Crippen LogP contribution in [-0.4, -0.2) is 95.6 Å². The maximum Gasteiger partial charge on any atom is 0.191 e. The van der Waals surface area contributed by atoms with Gasteiger partial charge in [-0.3, -0.25) is 4.90 Å². The summed E-state index contributed by atoms with van der Waals surface area (Å²) >= 11 is 0. The molecule has 3 rings (SSSR count). The highest BCUT2D eigenvalue weighted by Crippen LogP contribution is 2.16. The van der Waals surface area contributed by atoms with E-state index in [1.165, 1.54) is 25.8 Å². The zero-order chi connectivity index (χ0) is 21.9. The molecule has 10 heteroatoms. The van der Waals surface area contributed by atoms with Crippen LogP contribution in [0.15, 0.2) is 4.99 Å². The van der Waals surface area contributed by atoms with E-state index in [-0.39, 0.29) is 24.0 Å². The van der Waals surface area contributed by atoms with Crippen LogP contribution < -0.4 is 10.6 Å². The van der Waals surface area contributed by atoms with Crippen molar-refractivity contribution in [3.05, 3.63) is 11.6 Å². The summed E-state index contributed by atoms with van der Waals surface area (Å²) in [5, 5.41) is 15.4. The molecule has 0 aromatic carbocycles. The lowest BCUT2D eigenvalue weighted by Crippen LogP contribution is -2.42. The summed E-state index contributed by atoms with van der Waals surface area (Å²) in [6.07, 6.45) is 6.27. The lowest BCUT2D eigenvalue weighted by molar-refractivity contribution is 0.0376. The molecular weight excluding hydrogens is 519 g/mol. The number of piperidine rings is 1. The predicted molar refractivity (Wildman–Crippen MR) is 140 cm³/mol. The molecule has 0 aliphatic carbocycles. The van der Waals surface area contributed by atoms with Gasteiger partial charge in [-0.1, -0.05) is 6.42 Å². The molecule has 0 spiro atoms. The molecule has 1 aromatic heterocycles. The first-order chi connectivity index (χ1) is 15.1. The van der Waals surface area contributed by atoms with Crippen LogP contribution in [0.5, 0.6) is 0 Å². The number of aromatic nitrogens is 3. The molecule has 0 saturated carbocycles. The van der Waals surface area contributed by atoms with Gasteiger partial charge in [0, 0.05) is 45.8 Å². The van der Waals surface area contributed by atoms with Crippen molar-refractivity contribution in [2.45, 2.75) is 58.5 Å². The number of ether oxygens (including phenoxy) is 1. The smallest absolute Gasteiger partial charge is 0.191 e. The van der Waals surface area contributed by atoms with Crippen LogP contribution in [0.2, 0.25) is 0 Å². The molecule has 2 fully saturated rings. The number of nitrogens with one attached hydrogen (secondary N) is 2. The van der Waals surface area contributed by atoms with Gasteiger partial charge < -0.3 is 24.8 Å². The Hall–Kier alpha value is -0.980. The monoisotopic (exact) mass is 562 g/mol. The van der Waals surface area contributed by atoms with Crippen LogP contribution in [0.3, 0.4) is 0 Å². The van der Waals surface area contributed by atoms with E-state index in [4.69, 9.17) is 9.73 Å². The van der Waals surface area contributed by atoms with Crippen molar-refractivity contribution < 1.29 is 4.74 Å². The Labute approximate surface area is 210 Å². The van der Waals surface area contributed by atoms with Gasteiger partial charge in [-0.2, -0.15) is 0 Å². The molecule has 1 unspecified atom stereocenters. The van der Waals surface area contributed by atoms with Crippen molar-refractivity contribution in [2.24, 2.45) is 12.0 Å². The van der Waals surface area contributed by atoms with Gasteiger partial charge in [0.25, 0.3) is 0 Å². The second-order valence-electron chi connectivity index (χ2n) is 8.78. The van der Waals surface area contributed by atoms with E-state index in [2.05, 4.69) is 37.6 Å². The molecule has 184 valence electrons. The van der Waals surface area contributed by atoms with Crippen molar-refractivity contribution in [1.29, 1.82) is 0 Å². The molecule has 2 N–H and O–H groups in total. The van der Waals surface area contributed by atoms with Crippen molar-refractivity contribution >= 4 is 29.9 Å². The Morgan fingerprint density at radius 3 is 2.44 bits per heavy atom.